The molecule has 0 saturated heterocycles. The Morgan fingerprint density at radius 3 is 1.41 bits per heavy atom. The van der Waals surface area contributed by atoms with Crippen molar-refractivity contribution < 1.29 is 0 Å². The molecule has 0 aliphatic heterocycles. The van der Waals surface area contributed by atoms with Gasteiger partial charge in [-0.1, -0.05) is 194 Å². The van der Waals surface area contributed by atoms with E-state index in [1.165, 1.54) is 104 Å². The van der Waals surface area contributed by atoms with Crippen LogP contribution in [0, 0.1) is 0 Å². The first-order valence-electron chi connectivity index (χ1n) is 21.8. The fourth-order valence-electron chi connectivity index (χ4n) is 10.8. The zero-order valence-electron chi connectivity index (χ0n) is 34.4. The third-order valence-electron chi connectivity index (χ3n) is 13.5. The van der Waals surface area contributed by atoms with Crippen LogP contribution in [0.2, 0.25) is 0 Å². The molecule has 0 amide bonds. The third-order valence-corrected chi connectivity index (χ3v) is 14.6. The molecule has 0 radical (unpaired) electrons. The van der Waals surface area contributed by atoms with Crippen LogP contribution in [0.4, 0.5) is 17.1 Å². The van der Waals surface area contributed by atoms with E-state index in [4.69, 9.17) is 0 Å². The predicted molar refractivity (Wildman–Crippen MR) is 267 cm³/mol. The van der Waals surface area contributed by atoms with Gasteiger partial charge in [-0.2, -0.15) is 0 Å². The highest BCUT2D eigenvalue weighted by atomic mass is 32.1. The highest BCUT2D eigenvalue weighted by molar-refractivity contribution is 7.26. The fourth-order valence-corrected chi connectivity index (χ4v) is 11.9. The summed E-state index contributed by atoms with van der Waals surface area (Å²) in [7, 11) is 0. The molecular weight excluding hydrogens is 779 g/mol. The zero-order valence-corrected chi connectivity index (χ0v) is 35.2. The van der Waals surface area contributed by atoms with Crippen LogP contribution < -0.4 is 4.90 Å². The van der Waals surface area contributed by atoms with Crippen molar-refractivity contribution in [2.45, 2.75) is 5.41 Å². The Morgan fingerprint density at radius 1 is 0.317 bits per heavy atom. The smallest absolute Gasteiger partial charge is 0.0726 e. The topological polar surface area (TPSA) is 3.24 Å². The first-order valence-corrected chi connectivity index (χ1v) is 22.6. The molecular formula is C61H39NS. The summed E-state index contributed by atoms with van der Waals surface area (Å²) in [5.41, 5.74) is 20.8. The molecule has 0 fully saturated rings. The van der Waals surface area contributed by atoms with Gasteiger partial charge in [0.15, 0.2) is 0 Å². The molecule has 13 rings (SSSR count). The summed E-state index contributed by atoms with van der Waals surface area (Å²) < 4.78 is 2.58. The van der Waals surface area contributed by atoms with Crippen molar-refractivity contribution in [3.63, 3.8) is 0 Å². The predicted octanol–water partition coefficient (Wildman–Crippen LogP) is 16.9. The average molecular weight is 818 g/mol. The molecule has 1 nitrogen and oxygen atoms in total. The van der Waals surface area contributed by atoms with E-state index in [-0.39, 0.29) is 0 Å². The number of hydrogen-bond acceptors (Lipinski definition) is 2. The molecule has 2 aliphatic rings. The van der Waals surface area contributed by atoms with Gasteiger partial charge in [-0.15, -0.1) is 11.3 Å². The molecule has 1 aromatic heterocycles. The Balaban J connectivity index is 1.12. The van der Waals surface area contributed by atoms with Crippen LogP contribution in [0.3, 0.4) is 0 Å². The standard InChI is InChI=1S/C61H39NS/c1-4-16-40(17-5-1)42-28-30-43(31-29-42)44-32-35-47(36-33-44)62(46-20-8-3-9-21-46)60-58-51-38-45(41-18-6-2-7-19-41)34-37-54(51)61(52-25-13-10-22-48(52)49-23-11-14-26-53(49)61)55(58)39-57-59(60)50-24-12-15-27-56(50)63-57/h1-39H. The number of benzene rings is 10. The third kappa shape index (κ3) is 5.35. The van der Waals surface area contributed by atoms with E-state index in [2.05, 4.69) is 241 Å². The highest BCUT2D eigenvalue weighted by Gasteiger charge is 2.53. The molecule has 2 heteroatoms. The molecule has 0 N–H and O–H groups in total. The average Bonchev–Trinajstić information content (AvgIpc) is 3.99. The van der Waals surface area contributed by atoms with E-state index in [9.17, 15) is 0 Å². The van der Waals surface area contributed by atoms with Gasteiger partial charge in [0.2, 0.25) is 0 Å². The van der Waals surface area contributed by atoms with Crippen LogP contribution in [0.5, 0.6) is 0 Å². The van der Waals surface area contributed by atoms with Crippen molar-refractivity contribution in [3.8, 4) is 55.6 Å². The monoisotopic (exact) mass is 817 g/mol. The molecule has 0 saturated carbocycles. The molecule has 11 aromatic rings. The fraction of sp³-hybridized carbons (Fsp3) is 0.0164. The van der Waals surface area contributed by atoms with Crippen LogP contribution >= 0.6 is 11.3 Å². The maximum atomic E-state index is 2.56. The minimum Gasteiger partial charge on any atom is -0.309 e. The molecule has 63 heavy (non-hydrogen) atoms. The van der Waals surface area contributed by atoms with Crippen LogP contribution in [-0.2, 0) is 5.41 Å². The van der Waals surface area contributed by atoms with Crippen LogP contribution in [0.15, 0.2) is 237 Å². The lowest BCUT2D eigenvalue weighted by Gasteiger charge is -2.32. The normalized spacial score (nSPS) is 12.9. The van der Waals surface area contributed by atoms with E-state index in [1.54, 1.807) is 0 Å². The molecule has 0 unspecified atom stereocenters. The lowest BCUT2D eigenvalue weighted by Crippen LogP contribution is -2.26. The second-order valence-electron chi connectivity index (χ2n) is 16.7. The molecule has 1 spiro atoms. The van der Waals surface area contributed by atoms with Gasteiger partial charge in [0.25, 0.3) is 0 Å². The van der Waals surface area contributed by atoms with E-state index >= 15 is 0 Å². The van der Waals surface area contributed by atoms with E-state index in [0.717, 1.165) is 11.4 Å². The molecule has 10 aromatic carbocycles. The van der Waals surface area contributed by atoms with Crippen LogP contribution in [0.1, 0.15) is 22.3 Å². The van der Waals surface area contributed by atoms with E-state index < -0.39 is 5.41 Å². The Morgan fingerprint density at radius 2 is 0.778 bits per heavy atom. The summed E-state index contributed by atoms with van der Waals surface area (Å²) in [5.74, 6) is 0. The van der Waals surface area contributed by atoms with Crippen LogP contribution in [0.25, 0.3) is 75.8 Å². The molecule has 294 valence electrons. The van der Waals surface area contributed by atoms with E-state index in [0.29, 0.717) is 0 Å². The summed E-state index contributed by atoms with van der Waals surface area (Å²) in [6.07, 6.45) is 0. The Hall–Kier alpha value is -7.78. The molecule has 2 aliphatic carbocycles. The molecule has 0 atom stereocenters. The number of anilines is 3. The van der Waals surface area contributed by atoms with Crippen molar-refractivity contribution in [1.29, 1.82) is 0 Å². The van der Waals surface area contributed by atoms with Gasteiger partial charge in [-0.25, -0.2) is 0 Å². The number of hydrogen-bond donors (Lipinski definition) is 0. The summed E-state index contributed by atoms with van der Waals surface area (Å²) >= 11 is 1.91. The van der Waals surface area contributed by atoms with E-state index in [1.807, 2.05) is 11.3 Å². The second-order valence-corrected chi connectivity index (χ2v) is 17.8. The minimum atomic E-state index is -0.510. The van der Waals surface area contributed by atoms with Crippen molar-refractivity contribution in [2.24, 2.45) is 0 Å². The van der Waals surface area contributed by atoms with Crippen LogP contribution in [-0.4, -0.2) is 0 Å². The lowest BCUT2D eigenvalue weighted by atomic mass is 9.70. The quantitative estimate of drug-likeness (QED) is 0.162. The van der Waals surface area contributed by atoms with Crippen molar-refractivity contribution in [1.82, 2.24) is 0 Å². The SMILES string of the molecule is c1ccc(-c2ccc(-c3ccc(N(c4ccccc4)c4c5c(cc6sc7ccccc7c46)C4(c6ccccc6-c6ccccc64)c4ccc(-c6ccccc6)cc4-5)cc3)cc2)cc1. The maximum Gasteiger partial charge on any atom is 0.0726 e. The highest BCUT2D eigenvalue weighted by Crippen LogP contribution is 2.67. The second kappa shape index (κ2) is 14.1. The van der Waals surface area contributed by atoms with Gasteiger partial charge in [0, 0.05) is 37.1 Å². The van der Waals surface area contributed by atoms with Gasteiger partial charge < -0.3 is 4.90 Å². The molecule has 1 heterocycles. The Labute approximate surface area is 371 Å². The number of nitrogens with zero attached hydrogens (tertiary/aromatic N) is 1. The summed E-state index contributed by atoms with van der Waals surface area (Å²) in [4.78, 5) is 2.55. The summed E-state index contributed by atoms with van der Waals surface area (Å²) in [5, 5.41) is 2.56. The van der Waals surface area contributed by atoms with Gasteiger partial charge in [0.05, 0.1) is 11.1 Å². The van der Waals surface area contributed by atoms with Gasteiger partial charge in [-0.3, -0.25) is 0 Å². The lowest BCUT2D eigenvalue weighted by molar-refractivity contribution is 0.795. The summed E-state index contributed by atoms with van der Waals surface area (Å²) in [6.45, 7) is 0. The first kappa shape index (κ1) is 35.9. The maximum absolute atomic E-state index is 2.56. The number of rotatable bonds is 6. The van der Waals surface area contributed by atoms with Gasteiger partial charge in [0.1, 0.15) is 0 Å². The van der Waals surface area contributed by atoms with Gasteiger partial charge in [-0.05, 0) is 115 Å². The van der Waals surface area contributed by atoms with Crippen molar-refractivity contribution >= 4 is 48.6 Å². The Kier molecular flexibility index (Phi) is 8.06. The van der Waals surface area contributed by atoms with Crippen molar-refractivity contribution in [3.05, 3.63) is 259 Å². The van der Waals surface area contributed by atoms with Crippen molar-refractivity contribution in [2.75, 3.05) is 4.90 Å². The molecule has 0 bridgehead atoms. The Bertz CT molecular complexity index is 3490. The zero-order chi connectivity index (χ0) is 41.5. The number of para-hydroxylation sites is 1. The largest absolute Gasteiger partial charge is 0.309 e. The number of fused-ring (bicyclic) bond motifs is 13. The van der Waals surface area contributed by atoms with Gasteiger partial charge >= 0.3 is 0 Å². The minimum absolute atomic E-state index is 0.510. The first-order chi connectivity index (χ1) is 31.3. The number of thiophene rings is 1. The summed E-state index contributed by atoms with van der Waals surface area (Å²) in [6, 6.07) is 87.7.